The molecule has 0 saturated carbocycles. The fraction of sp³-hybridized carbons (Fsp3) is 0.480. The van der Waals surface area contributed by atoms with Crippen molar-refractivity contribution in [3.8, 4) is 11.5 Å². The summed E-state index contributed by atoms with van der Waals surface area (Å²) >= 11 is 0. The van der Waals surface area contributed by atoms with Gasteiger partial charge in [-0.3, -0.25) is 4.79 Å². The topological polar surface area (TPSA) is 60.0 Å². The molecule has 0 unspecified atom stereocenters. The summed E-state index contributed by atoms with van der Waals surface area (Å²) in [4.78, 5) is 15.7. The summed E-state index contributed by atoms with van der Waals surface area (Å²) in [6.45, 7) is 9.03. The molecule has 6 nitrogen and oxygen atoms in total. The number of benzene rings is 2. The second kappa shape index (κ2) is 11.2. The predicted octanol–water partition coefficient (Wildman–Crippen LogP) is 4.10. The van der Waals surface area contributed by atoms with E-state index in [2.05, 4.69) is 24.1 Å². The van der Waals surface area contributed by atoms with E-state index >= 15 is 0 Å². The normalized spacial score (nSPS) is 15.5. The molecule has 1 heterocycles. The Bertz CT molecular complexity index is 810. The molecular weight excluding hydrogens is 392 g/mol. The van der Waals surface area contributed by atoms with E-state index in [1.54, 1.807) is 7.11 Å². The minimum Gasteiger partial charge on any atom is -0.497 e. The maximum Gasteiger partial charge on any atom is 0.235 e. The molecule has 1 fully saturated rings. The smallest absolute Gasteiger partial charge is 0.235 e. The first kappa shape index (κ1) is 23.1. The van der Waals surface area contributed by atoms with Gasteiger partial charge in [0.25, 0.3) is 0 Å². The number of nitrogens with one attached hydrogen (secondary N) is 1. The van der Waals surface area contributed by atoms with Crippen LogP contribution in [0.15, 0.2) is 48.5 Å². The number of anilines is 1. The summed E-state index contributed by atoms with van der Waals surface area (Å²) in [5.74, 6) is 1.58. The van der Waals surface area contributed by atoms with Crippen LogP contribution in [0.25, 0.3) is 0 Å². The van der Waals surface area contributed by atoms with E-state index < -0.39 is 5.41 Å². The van der Waals surface area contributed by atoms with Crippen LogP contribution < -0.4 is 14.8 Å². The summed E-state index contributed by atoms with van der Waals surface area (Å²) in [5, 5.41) is 3.11. The van der Waals surface area contributed by atoms with E-state index in [1.807, 2.05) is 48.5 Å². The van der Waals surface area contributed by atoms with Crippen molar-refractivity contribution in [1.82, 2.24) is 4.90 Å². The highest BCUT2D eigenvalue weighted by molar-refractivity contribution is 5.99. The number of hydrogen-bond donors (Lipinski definition) is 1. The Labute approximate surface area is 185 Å². The Morgan fingerprint density at radius 2 is 1.61 bits per heavy atom. The average molecular weight is 427 g/mol. The van der Waals surface area contributed by atoms with Crippen molar-refractivity contribution in [2.75, 3.05) is 51.9 Å². The van der Waals surface area contributed by atoms with Crippen molar-refractivity contribution in [1.29, 1.82) is 0 Å². The number of ether oxygens (including phenoxy) is 3. The lowest BCUT2D eigenvalue weighted by molar-refractivity contribution is -0.125. The highest BCUT2D eigenvalue weighted by atomic mass is 16.5. The Balaban J connectivity index is 1.66. The highest BCUT2D eigenvalue weighted by Gasteiger charge is 2.41. The van der Waals surface area contributed by atoms with Gasteiger partial charge in [0.2, 0.25) is 5.91 Å². The summed E-state index contributed by atoms with van der Waals surface area (Å²) in [6.07, 6.45) is 1.30. The minimum atomic E-state index is -0.608. The minimum absolute atomic E-state index is 0.00355. The third-order valence-corrected chi connectivity index (χ3v) is 6.11. The first-order valence-electron chi connectivity index (χ1n) is 11.1. The van der Waals surface area contributed by atoms with Gasteiger partial charge in [0.1, 0.15) is 18.1 Å². The zero-order valence-electron chi connectivity index (χ0n) is 18.9. The van der Waals surface area contributed by atoms with Gasteiger partial charge >= 0.3 is 0 Å². The molecule has 2 aromatic carbocycles. The van der Waals surface area contributed by atoms with Gasteiger partial charge in [0, 0.05) is 25.4 Å². The predicted molar refractivity (Wildman–Crippen MR) is 123 cm³/mol. The third kappa shape index (κ3) is 5.77. The lowest BCUT2D eigenvalue weighted by atomic mass is 9.73. The van der Waals surface area contributed by atoms with E-state index in [1.165, 1.54) is 0 Å². The van der Waals surface area contributed by atoms with Gasteiger partial charge in [0.05, 0.1) is 12.5 Å². The van der Waals surface area contributed by atoms with Crippen LogP contribution in [0, 0.1) is 0 Å². The first-order valence-corrected chi connectivity index (χ1v) is 11.1. The first-order chi connectivity index (χ1) is 15.1. The standard InChI is InChI=1S/C25H34N2O4/c1-4-27(5-2)16-19-31-23-12-8-21(9-13-23)26-24(28)25(14-17-30-18-15-25)20-6-10-22(29-3)11-7-20/h6-13H,4-5,14-19H2,1-3H3,(H,26,28). The maximum atomic E-state index is 13.4. The van der Waals surface area contributed by atoms with Crippen LogP contribution in [-0.4, -0.2) is 57.4 Å². The molecule has 0 bridgehead atoms. The molecule has 0 aromatic heterocycles. The Kier molecular flexibility index (Phi) is 8.32. The molecule has 1 aliphatic heterocycles. The van der Waals surface area contributed by atoms with Crippen molar-refractivity contribution in [2.24, 2.45) is 0 Å². The van der Waals surface area contributed by atoms with Crippen molar-refractivity contribution in [3.63, 3.8) is 0 Å². The van der Waals surface area contributed by atoms with Crippen LogP contribution in [0.3, 0.4) is 0 Å². The second-order valence-corrected chi connectivity index (χ2v) is 7.78. The monoisotopic (exact) mass is 426 g/mol. The Hall–Kier alpha value is -2.57. The quantitative estimate of drug-likeness (QED) is 0.620. The number of carbonyl (C=O) groups is 1. The van der Waals surface area contributed by atoms with Crippen molar-refractivity contribution >= 4 is 11.6 Å². The van der Waals surface area contributed by atoms with E-state index in [0.29, 0.717) is 32.7 Å². The van der Waals surface area contributed by atoms with Gasteiger partial charge in [-0.15, -0.1) is 0 Å². The molecule has 1 N–H and O–H groups in total. The number of amides is 1. The molecular formula is C25H34N2O4. The van der Waals surface area contributed by atoms with Crippen LogP contribution >= 0.6 is 0 Å². The molecule has 0 radical (unpaired) electrons. The maximum absolute atomic E-state index is 13.4. The van der Waals surface area contributed by atoms with Crippen molar-refractivity contribution in [2.45, 2.75) is 32.1 Å². The molecule has 3 rings (SSSR count). The largest absolute Gasteiger partial charge is 0.497 e. The van der Waals surface area contributed by atoms with Crippen LogP contribution in [0.1, 0.15) is 32.3 Å². The van der Waals surface area contributed by atoms with Crippen molar-refractivity contribution < 1.29 is 19.0 Å². The molecule has 0 atom stereocenters. The van der Waals surface area contributed by atoms with E-state index in [-0.39, 0.29) is 5.91 Å². The average Bonchev–Trinajstić information content (AvgIpc) is 2.83. The van der Waals surface area contributed by atoms with Crippen molar-refractivity contribution in [3.05, 3.63) is 54.1 Å². The zero-order chi connectivity index (χ0) is 22.1. The van der Waals surface area contributed by atoms with Gasteiger partial charge in [-0.2, -0.15) is 0 Å². The second-order valence-electron chi connectivity index (χ2n) is 7.78. The number of likely N-dealkylation sites (N-methyl/N-ethyl adjacent to an activating group) is 1. The Morgan fingerprint density at radius 3 is 2.19 bits per heavy atom. The van der Waals surface area contributed by atoms with Gasteiger partial charge in [-0.25, -0.2) is 0 Å². The van der Waals surface area contributed by atoms with Crippen LogP contribution in [-0.2, 0) is 14.9 Å². The number of nitrogens with zero attached hydrogens (tertiary/aromatic N) is 1. The number of methoxy groups -OCH3 is 1. The zero-order valence-corrected chi connectivity index (χ0v) is 18.9. The van der Waals surface area contributed by atoms with E-state index in [4.69, 9.17) is 14.2 Å². The molecule has 0 aliphatic carbocycles. The Morgan fingerprint density at radius 1 is 1.00 bits per heavy atom. The number of carbonyl (C=O) groups excluding carboxylic acids is 1. The van der Waals surface area contributed by atoms with Gasteiger partial charge in [-0.1, -0.05) is 26.0 Å². The summed E-state index contributed by atoms with van der Waals surface area (Å²) < 4.78 is 16.7. The third-order valence-electron chi connectivity index (χ3n) is 6.11. The van der Waals surface area contributed by atoms with E-state index in [0.717, 1.165) is 42.4 Å². The SMILES string of the molecule is CCN(CC)CCOc1ccc(NC(=O)C2(c3ccc(OC)cc3)CCOCC2)cc1. The summed E-state index contributed by atoms with van der Waals surface area (Å²) in [7, 11) is 1.64. The van der Waals surface area contributed by atoms with Gasteiger partial charge < -0.3 is 24.4 Å². The van der Waals surface area contributed by atoms with Gasteiger partial charge in [-0.05, 0) is 67.9 Å². The van der Waals surface area contributed by atoms with Crippen LogP contribution in [0.4, 0.5) is 5.69 Å². The highest BCUT2D eigenvalue weighted by Crippen LogP contribution is 2.37. The fourth-order valence-electron chi connectivity index (χ4n) is 3.99. The molecule has 2 aromatic rings. The fourth-order valence-corrected chi connectivity index (χ4v) is 3.99. The molecule has 1 aliphatic rings. The van der Waals surface area contributed by atoms with Gasteiger partial charge in [0.15, 0.2) is 0 Å². The lowest BCUT2D eigenvalue weighted by Gasteiger charge is -2.36. The molecule has 1 saturated heterocycles. The molecule has 1 amide bonds. The summed E-state index contributed by atoms with van der Waals surface area (Å²) in [5.41, 5.74) is 1.15. The molecule has 6 heteroatoms. The van der Waals surface area contributed by atoms with Crippen LogP contribution in [0.5, 0.6) is 11.5 Å². The van der Waals surface area contributed by atoms with Crippen LogP contribution in [0.2, 0.25) is 0 Å². The summed E-state index contributed by atoms with van der Waals surface area (Å²) in [6, 6.07) is 15.4. The number of rotatable bonds is 10. The molecule has 31 heavy (non-hydrogen) atoms. The lowest BCUT2D eigenvalue weighted by Crippen LogP contribution is -2.44. The molecule has 168 valence electrons. The molecule has 0 spiro atoms. The van der Waals surface area contributed by atoms with E-state index in [9.17, 15) is 4.79 Å². The number of hydrogen-bond acceptors (Lipinski definition) is 5.